The van der Waals surface area contributed by atoms with E-state index in [-0.39, 0.29) is 23.2 Å². The Balaban J connectivity index is 1.96. The molecular weight excluding hydrogens is 320 g/mol. The van der Waals surface area contributed by atoms with E-state index in [9.17, 15) is 4.79 Å². The quantitative estimate of drug-likeness (QED) is 0.696. The Labute approximate surface area is 157 Å². The summed E-state index contributed by atoms with van der Waals surface area (Å²) in [4.78, 5) is 17.0. The lowest BCUT2D eigenvalue weighted by Crippen LogP contribution is -2.50. The van der Waals surface area contributed by atoms with Gasteiger partial charge in [0.15, 0.2) is 0 Å². The second kappa shape index (κ2) is 6.46. The molecule has 1 fully saturated rings. The summed E-state index contributed by atoms with van der Waals surface area (Å²) >= 11 is 0. The lowest BCUT2D eigenvalue weighted by molar-refractivity contribution is 0.129. The standard InChI is InChI=1S/C23H30N2O/c1-22(2,3)24-16-19(25(21(24)26)23(4,5)6)15-14-18-12-9-11-17-10-7-8-13-20(17)18/h7-15,19H,16H2,1-6H3/b15-14+. The van der Waals surface area contributed by atoms with Gasteiger partial charge in [-0.25, -0.2) is 4.79 Å². The minimum atomic E-state index is -0.217. The maximum absolute atomic E-state index is 13.1. The van der Waals surface area contributed by atoms with Gasteiger partial charge >= 0.3 is 6.03 Å². The topological polar surface area (TPSA) is 23.6 Å². The zero-order chi connectivity index (χ0) is 19.1. The van der Waals surface area contributed by atoms with Gasteiger partial charge in [-0.3, -0.25) is 0 Å². The molecule has 0 spiro atoms. The van der Waals surface area contributed by atoms with E-state index in [1.807, 2.05) is 9.80 Å². The third kappa shape index (κ3) is 3.48. The molecule has 1 saturated heterocycles. The van der Waals surface area contributed by atoms with Crippen molar-refractivity contribution in [2.75, 3.05) is 6.54 Å². The lowest BCUT2D eigenvalue weighted by Gasteiger charge is -2.36. The molecule has 2 amide bonds. The van der Waals surface area contributed by atoms with Crippen molar-refractivity contribution >= 4 is 22.9 Å². The van der Waals surface area contributed by atoms with Gasteiger partial charge in [-0.15, -0.1) is 0 Å². The molecule has 3 nitrogen and oxygen atoms in total. The summed E-state index contributed by atoms with van der Waals surface area (Å²) in [7, 11) is 0. The molecule has 0 radical (unpaired) electrons. The van der Waals surface area contributed by atoms with E-state index >= 15 is 0 Å². The molecule has 2 aromatic carbocycles. The van der Waals surface area contributed by atoms with Crippen molar-refractivity contribution in [3.63, 3.8) is 0 Å². The Morgan fingerprint density at radius 3 is 2.23 bits per heavy atom. The first kappa shape index (κ1) is 18.5. The van der Waals surface area contributed by atoms with Crippen LogP contribution in [0, 0.1) is 0 Å². The van der Waals surface area contributed by atoms with E-state index < -0.39 is 0 Å². The molecule has 2 aromatic rings. The Morgan fingerprint density at radius 1 is 0.923 bits per heavy atom. The monoisotopic (exact) mass is 350 g/mol. The Morgan fingerprint density at radius 2 is 1.58 bits per heavy atom. The second-order valence-corrected chi connectivity index (χ2v) is 9.10. The van der Waals surface area contributed by atoms with Gasteiger partial charge in [0.25, 0.3) is 0 Å². The van der Waals surface area contributed by atoms with Crippen LogP contribution in [0.15, 0.2) is 48.5 Å². The molecule has 1 atom stereocenters. The van der Waals surface area contributed by atoms with E-state index in [2.05, 4.69) is 96.2 Å². The summed E-state index contributed by atoms with van der Waals surface area (Å²) in [6.45, 7) is 13.3. The molecule has 26 heavy (non-hydrogen) atoms. The summed E-state index contributed by atoms with van der Waals surface area (Å²) in [5.41, 5.74) is 0.798. The van der Waals surface area contributed by atoms with Crippen LogP contribution in [0.3, 0.4) is 0 Å². The van der Waals surface area contributed by atoms with E-state index in [0.717, 1.165) is 6.54 Å². The predicted molar refractivity (Wildman–Crippen MR) is 110 cm³/mol. The van der Waals surface area contributed by atoms with Crippen LogP contribution in [0.1, 0.15) is 47.1 Å². The van der Waals surface area contributed by atoms with Crippen molar-refractivity contribution in [2.45, 2.75) is 58.7 Å². The first-order chi connectivity index (χ1) is 12.1. The van der Waals surface area contributed by atoms with E-state index in [4.69, 9.17) is 0 Å². The van der Waals surface area contributed by atoms with Crippen LogP contribution in [0.4, 0.5) is 4.79 Å². The maximum atomic E-state index is 13.1. The van der Waals surface area contributed by atoms with Gasteiger partial charge < -0.3 is 9.80 Å². The number of nitrogens with zero attached hydrogens (tertiary/aromatic N) is 2. The normalized spacial score (nSPS) is 19.2. The number of rotatable bonds is 2. The highest BCUT2D eigenvalue weighted by molar-refractivity contribution is 5.90. The summed E-state index contributed by atoms with van der Waals surface area (Å²) in [6.07, 6.45) is 4.36. The molecule has 0 aliphatic carbocycles. The molecule has 1 aliphatic rings. The average molecular weight is 351 g/mol. The van der Waals surface area contributed by atoms with E-state index in [1.54, 1.807) is 0 Å². The molecule has 1 aliphatic heterocycles. The van der Waals surface area contributed by atoms with Crippen molar-refractivity contribution in [3.05, 3.63) is 54.1 Å². The molecule has 138 valence electrons. The average Bonchev–Trinajstić information content (AvgIpc) is 2.89. The molecule has 0 saturated carbocycles. The van der Waals surface area contributed by atoms with Crippen LogP contribution in [0.25, 0.3) is 16.8 Å². The number of hydrogen-bond donors (Lipinski definition) is 0. The van der Waals surface area contributed by atoms with Gasteiger partial charge in [-0.1, -0.05) is 54.6 Å². The fourth-order valence-corrected chi connectivity index (χ4v) is 3.72. The number of fused-ring (bicyclic) bond motifs is 1. The first-order valence-electron chi connectivity index (χ1n) is 9.36. The van der Waals surface area contributed by atoms with Gasteiger partial charge in [0, 0.05) is 17.6 Å². The van der Waals surface area contributed by atoms with E-state index in [0.29, 0.717) is 0 Å². The molecule has 3 rings (SSSR count). The number of amides is 2. The highest BCUT2D eigenvalue weighted by Gasteiger charge is 2.45. The van der Waals surface area contributed by atoms with Gasteiger partial charge in [0.05, 0.1) is 6.04 Å². The number of benzene rings is 2. The Kier molecular flexibility index (Phi) is 4.60. The predicted octanol–water partition coefficient (Wildman–Crippen LogP) is 5.56. The number of urea groups is 1. The van der Waals surface area contributed by atoms with Crippen LogP contribution >= 0.6 is 0 Å². The zero-order valence-corrected chi connectivity index (χ0v) is 16.8. The fourth-order valence-electron chi connectivity index (χ4n) is 3.72. The van der Waals surface area contributed by atoms with Crippen LogP contribution < -0.4 is 0 Å². The number of carbonyl (C=O) groups is 1. The second-order valence-electron chi connectivity index (χ2n) is 9.10. The first-order valence-corrected chi connectivity index (χ1v) is 9.36. The van der Waals surface area contributed by atoms with Crippen LogP contribution in [0.2, 0.25) is 0 Å². The van der Waals surface area contributed by atoms with Crippen molar-refractivity contribution < 1.29 is 4.79 Å². The molecule has 1 heterocycles. The summed E-state index contributed by atoms with van der Waals surface area (Å²) in [5, 5.41) is 2.48. The van der Waals surface area contributed by atoms with E-state index in [1.165, 1.54) is 16.3 Å². The summed E-state index contributed by atoms with van der Waals surface area (Å²) in [5.74, 6) is 0. The lowest BCUT2D eigenvalue weighted by atomic mass is 10.0. The van der Waals surface area contributed by atoms with Gasteiger partial charge in [0.2, 0.25) is 0 Å². The van der Waals surface area contributed by atoms with Crippen molar-refractivity contribution in [1.29, 1.82) is 0 Å². The van der Waals surface area contributed by atoms with Crippen LogP contribution in [-0.4, -0.2) is 39.5 Å². The largest absolute Gasteiger partial charge is 0.321 e. The summed E-state index contributed by atoms with van der Waals surface area (Å²) < 4.78 is 0. The molecular formula is C23H30N2O. The van der Waals surface area contributed by atoms with Crippen molar-refractivity contribution in [2.24, 2.45) is 0 Å². The number of carbonyl (C=O) groups excluding carboxylic acids is 1. The van der Waals surface area contributed by atoms with Crippen molar-refractivity contribution in [1.82, 2.24) is 9.80 Å². The highest BCUT2D eigenvalue weighted by Crippen LogP contribution is 2.31. The minimum absolute atomic E-state index is 0.0701. The highest BCUT2D eigenvalue weighted by atomic mass is 16.2. The SMILES string of the molecule is CC(C)(C)N1CC(/C=C/c2cccc3ccccc23)N(C(C)(C)C)C1=O. The van der Waals surface area contributed by atoms with Crippen molar-refractivity contribution in [3.8, 4) is 0 Å². The maximum Gasteiger partial charge on any atom is 0.321 e. The fraction of sp³-hybridized carbons (Fsp3) is 0.435. The molecule has 1 unspecified atom stereocenters. The third-order valence-electron chi connectivity index (χ3n) is 4.99. The molecule has 3 heteroatoms. The number of hydrogen-bond acceptors (Lipinski definition) is 1. The molecule has 0 aromatic heterocycles. The third-order valence-corrected chi connectivity index (χ3v) is 4.99. The van der Waals surface area contributed by atoms with Crippen LogP contribution in [0.5, 0.6) is 0 Å². The Bertz CT molecular complexity index is 834. The zero-order valence-electron chi connectivity index (χ0n) is 16.8. The van der Waals surface area contributed by atoms with Crippen LogP contribution in [-0.2, 0) is 0 Å². The van der Waals surface area contributed by atoms with Gasteiger partial charge in [-0.2, -0.15) is 0 Å². The Hall–Kier alpha value is -2.29. The molecule has 0 N–H and O–H groups in total. The molecule has 0 bridgehead atoms. The van der Waals surface area contributed by atoms with Gasteiger partial charge in [0.1, 0.15) is 0 Å². The smallest absolute Gasteiger partial charge is 0.317 e. The van der Waals surface area contributed by atoms with Gasteiger partial charge in [-0.05, 0) is 57.9 Å². The summed E-state index contributed by atoms with van der Waals surface area (Å²) in [6, 6.07) is 15.0. The minimum Gasteiger partial charge on any atom is -0.317 e.